The van der Waals surface area contributed by atoms with Gasteiger partial charge in [0.1, 0.15) is 18.1 Å². The SMILES string of the molecule is C[C@H]1[C@H](C)CC[C@]2(C(=O)OCc3cn(-c4ccccc4)nn3)CC[C@]3(C)C(=CC[C@@H]4[C@@]5(C)CCC(=O)C(C)(C)[C@@H]5CC[C@]43C)[C@H]12. The Kier molecular flexibility index (Phi) is 7.12. The van der Waals surface area contributed by atoms with Crippen molar-refractivity contribution < 1.29 is 14.3 Å². The lowest BCUT2D eigenvalue weighted by Gasteiger charge is -2.70. The predicted octanol–water partition coefficient (Wildman–Crippen LogP) is 8.54. The largest absolute Gasteiger partial charge is 0.459 e. The first-order valence-corrected chi connectivity index (χ1v) is 17.7. The van der Waals surface area contributed by atoms with E-state index < -0.39 is 5.41 Å². The number of benzene rings is 1. The molecule has 0 bridgehead atoms. The minimum Gasteiger partial charge on any atom is -0.459 e. The van der Waals surface area contributed by atoms with Gasteiger partial charge in [0.2, 0.25) is 0 Å². The highest BCUT2D eigenvalue weighted by atomic mass is 16.5. The molecular formula is C39H53N3O3. The smallest absolute Gasteiger partial charge is 0.313 e. The monoisotopic (exact) mass is 611 g/mol. The summed E-state index contributed by atoms with van der Waals surface area (Å²) in [4.78, 5) is 27.5. The molecule has 0 radical (unpaired) electrons. The van der Waals surface area contributed by atoms with E-state index in [1.807, 2.05) is 36.5 Å². The van der Waals surface area contributed by atoms with Gasteiger partial charge in [-0.05, 0) is 109 Å². The maximum Gasteiger partial charge on any atom is 0.313 e. The van der Waals surface area contributed by atoms with Gasteiger partial charge in [0.15, 0.2) is 0 Å². The number of ether oxygens (including phenoxy) is 1. The highest BCUT2D eigenvalue weighted by molar-refractivity contribution is 5.85. The van der Waals surface area contributed by atoms with Gasteiger partial charge >= 0.3 is 5.97 Å². The number of fused-ring (bicyclic) bond motifs is 7. The van der Waals surface area contributed by atoms with Crippen LogP contribution in [0.3, 0.4) is 0 Å². The van der Waals surface area contributed by atoms with Crippen molar-refractivity contribution in [3.63, 3.8) is 0 Å². The van der Waals surface area contributed by atoms with Crippen LogP contribution in [0.1, 0.15) is 112 Å². The summed E-state index contributed by atoms with van der Waals surface area (Å²) in [5.74, 6) is 2.57. The number of Topliss-reactive ketones (excluding diaryl/α,β-unsaturated/α-hetero) is 1. The Balaban J connectivity index is 1.20. The number of carbonyl (C=O) groups excluding carboxylic acids is 2. The molecule has 0 amide bonds. The number of para-hydroxylation sites is 1. The molecule has 7 rings (SSSR count). The Morgan fingerprint density at radius 3 is 2.47 bits per heavy atom. The molecule has 4 saturated carbocycles. The minimum absolute atomic E-state index is 0.0354. The van der Waals surface area contributed by atoms with E-state index in [1.165, 1.54) is 0 Å². The third kappa shape index (κ3) is 4.25. The number of ketones is 1. The molecule has 6 nitrogen and oxygen atoms in total. The van der Waals surface area contributed by atoms with Crippen LogP contribution in [0.4, 0.5) is 0 Å². The molecule has 0 aliphatic heterocycles. The van der Waals surface area contributed by atoms with Gasteiger partial charge in [-0.25, -0.2) is 4.68 Å². The number of esters is 1. The van der Waals surface area contributed by atoms with Crippen LogP contribution in [0.5, 0.6) is 0 Å². The maximum atomic E-state index is 14.4. The van der Waals surface area contributed by atoms with E-state index in [4.69, 9.17) is 4.74 Å². The molecule has 5 aliphatic carbocycles. The standard InChI is InChI=1S/C39H53N3O3/c1-25-15-20-39(34(44)45-24-27-23-42(41-40-27)28-11-9-8-10-12-28)22-21-37(6)29(33(39)26(25)2)13-14-31-36(5)18-17-32(43)35(3,4)30(36)16-19-38(31,37)7/h8-13,23,25-26,30-31,33H,14-22,24H2,1-7H3/t25-,26+,30+,31-,33+,36+,37-,38-,39+/m1/s1. The second-order valence-electron chi connectivity index (χ2n) is 17.0. The van der Waals surface area contributed by atoms with Gasteiger partial charge in [-0.2, -0.15) is 0 Å². The van der Waals surface area contributed by atoms with Crippen molar-refractivity contribution in [3.8, 4) is 5.69 Å². The summed E-state index contributed by atoms with van der Waals surface area (Å²) in [6.45, 7) is 17.0. The summed E-state index contributed by atoms with van der Waals surface area (Å²) in [5, 5.41) is 8.61. The van der Waals surface area contributed by atoms with Crippen LogP contribution >= 0.6 is 0 Å². The first kappa shape index (κ1) is 30.9. The van der Waals surface area contributed by atoms with Crippen molar-refractivity contribution in [1.82, 2.24) is 15.0 Å². The fourth-order valence-electron chi connectivity index (χ4n) is 12.0. The van der Waals surface area contributed by atoms with E-state index in [0.29, 0.717) is 41.6 Å². The van der Waals surface area contributed by atoms with Gasteiger partial charge in [0.25, 0.3) is 0 Å². The topological polar surface area (TPSA) is 74.1 Å². The van der Waals surface area contributed by atoms with Gasteiger partial charge in [-0.3, -0.25) is 9.59 Å². The lowest BCUT2D eigenvalue weighted by atomic mass is 9.33. The number of carbonyl (C=O) groups is 2. The van der Waals surface area contributed by atoms with E-state index in [9.17, 15) is 9.59 Å². The summed E-state index contributed by atoms with van der Waals surface area (Å²) in [6.07, 6.45) is 13.4. The van der Waals surface area contributed by atoms with Crippen molar-refractivity contribution in [2.75, 3.05) is 0 Å². The summed E-state index contributed by atoms with van der Waals surface area (Å²) < 4.78 is 7.95. The number of aromatic nitrogens is 3. The minimum atomic E-state index is -0.490. The zero-order valence-corrected chi connectivity index (χ0v) is 28.6. The quantitative estimate of drug-likeness (QED) is 0.256. The Bertz CT molecular complexity index is 1530. The zero-order valence-electron chi connectivity index (χ0n) is 28.6. The molecule has 0 spiro atoms. The average Bonchev–Trinajstić information content (AvgIpc) is 3.50. The number of hydrogen-bond acceptors (Lipinski definition) is 5. The Morgan fingerprint density at radius 1 is 0.956 bits per heavy atom. The van der Waals surface area contributed by atoms with Crippen molar-refractivity contribution in [2.24, 2.45) is 56.7 Å². The normalized spacial score (nSPS) is 42.0. The molecule has 1 aromatic heterocycles. The number of allylic oxidation sites excluding steroid dienone is 2. The van der Waals surface area contributed by atoms with Crippen molar-refractivity contribution in [1.29, 1.82) is 0 Å². The Morgan fingerprint density at radius 2 is 1.71 bits per heavy atom. The number of nitrogens with zero attached hydrogens (tertiary/aromatic N) is 3. The van der Waals surface area contributed by atoms with Gasteiger partial charge in [-0.15, -0.1) is 5.10 Å². The third-order valence-corrected chi connectivity index (χ3v) is 15.1. The Hall–Kier alpha value is -2.76. The Labute approximate surface area is 269 Å². The average molecular weight is 612 g/mol. The maximum absolute atomic E-state index is 14.4. The summed E-state index contributed by atoms with van der Waals surface area (Å²) in [5.41, 5.74) is 2.76. The molecule has 4 fully saturated rings. The molecule has 5 aliphatic rings. The van der Waals surface area contributed by atoms with Crippen molar-refractivity contribution in [3.05, 3.63) is 53.9 Å². The summed E-state index contributed by atoms with van der Waals surface area (Å²) in [6, 6.07) is 9.91. The van der Waals surface area contributed by atoms with Crippen LogP contribution in [0.15, 0.2) is 48.2 Å². The van der Waals surface area contributed by atoms with Crippen molar-refractivity contribution >= 4 is 11.8 Å². The first-order valence-electron chi connectivity index (χ1n) is 17.7. The van der Waals surface area contributed by atoms with Gasteiger partial charge in [0.05, 0.1) is 17.3 Å². The van der Waals surface area contributed by atoms with E-state index >= 15 is 0 Å². The van der Waals surface area contributed by atoms with Crippen LogP contribution < -0.4 is 0 Å². The zero-order chi connectivity index (χ0) is 32.0. The van der Waals surface area contributed by atoms with Crippen LogP contribution in [-0.2, 0) is 20.9 Å². The van der Waals surface area contributed by atoms with Crippen LogP contribution in [0, 0.1) is 56.7 Å². The lowest BCUT2D eigenvalue weighted by Crippen LogP contribution is -2.65. The number of hydrogen-bond donors (Lipinski definition) is 0. The molecule has 45 heavy (non-hydrogen) atoms. The molecule has 0 N–H and O–H groups in total. The van der Waals surface area contributed by atoms with Gasteiger partial charge in [-0.1, -0.05) is 83.5 Å². The second kappa shape index (κ2) is 10.4. The fraction of sp³-hybridized carbons (Fsp3) is 0.692. The van der Waals surface area contributed by atoms with Crippen LogP contribution in [-0.4, -0.2) is 26.7 Å². The fourth-order valence-corrected chi connectivity index (χ4v) is 12.0. The van der Waals surface area contributed by atoms with Gasteiger partial charge < -0.3 is 4.74 Å². The van der Waals surface area contributed by atoms with E-state index in [-0.39, 0.29) is 40.2 Å². The molecule has 1 aromatic carbocycles. The first-order chi connectivity index (χ1) is 21.3. The molecule has 0 unspecified atom stereocenters. The van der Waals surface area contributed by atoms with E-state index in [2.05, 4.69) is 64.9 Å². The van der Waals surface area contributed by atoms with Gasteiger partial charge in [0, 0.05) is 11.8 Å². The molecule has 0 saturated heterocycles. The summed E-state index contributed by atoms with van der Waals surface area (Å²) >= 11 is 0. The second-order valence-corrected chi connectivity index (χ2v) is 17.0. The molecule has 1 heterocycles. The van der Waals surface area contributed by atoms with Crippen LogP contribution in [0.25, 0.3) is 5.69 Å². The van der Waals surface area contributed by atoms with E-state index in [0.717, 1.165) is 57.1 Å². The lowest BCUT2D eigenvalue weighted by molar-refractivity contribution is -0.193. The highest BCUT2D eigenvalue weighted by Gasteiger charge is 2.69. The number of rotatable bonds is 4. The predicted molar refractivity (Wildman–Crippen MR) is 175 cm³/mol. The highest BCUT2D eigenvalue weighted by Crippen LogP contribution is 2.75. The molecule has 9 atom stereocenters. The molecular weight excluding hydrogens is 558 g/mol. The molecule has 242 valence electrons. The van der Waals surface area contributed by atoms with Crippen LogP contribution in [0.2, 0.25) is 0 Å². The van der Waals surface area contributed by atoms with E-state index in [1.54, 1.807) is 10.3 Å². The van der Waals surface area contributed by atoms with Crippen molar-refractivity contribution in [2.45, 2.75) is 113 Å². The molecule has 6 heteroatoms. The third-order valence-electron chi connectivity index (χ3n) is 15.1. The molecule has 2 aromatic rings. The summed E-state index contributed by atoms with van der Waals surface area (Å²) in [7, 11) is 0.